The molecule has 1 N–H and O–H groups in total. The number of rotatable bonds is 3. The number of amides is 1. The first-order valence-electron chi connectivity index (χ1n) is 8.56. The summed E-state index contributed by atoms with van der Waals surface area (Å²) in [5.74, 6) is 0.590. The molecule has 1 aromatic carbocycles. The second-order valence-electron chi connectivity index (χ2n) is 6.52. The Morgan fingerprint density at radius 1 is 1.08 bits per heavy atom. The van der Waals surface area contributed by atoms with Crippen molar-refractivity contribution >= 4 is 11.7 Å². The maximum atomic E-state index is 12.6. The summed E-state index contributed by atoms with van der Waals surface area (Å²) in [6.07, 6.45) is 3.11. The minimum absolute atomic E-state index is 0.155. The van der Waals surface area contributed by atoms with E-state index in [1.807, 2.05) is 21.9 Å². The molecule has 25 heavy (non-hydrogen) atoms. The van der Waals surface area contributed by atoms with Crippen LogP contribution in [0.4, 0.5) is 5.82 Å². The minimum atomic E-state index is -0.183. The van der Waals surface area contributed by atoms with Gasteiger partial charge in [-0.3, -0.25) is 14.5 Å². The van der Waals surface area contributed by atoms with Crippen molar-refractivity contribution in [2.24, 2.45) is 0 Å². The molecule has 2 aromatic rings. The highest BCUT2D eigenvalue weighted by molar-refractivity contribution is 5.78. The van der Waals surface area contributed by atoms with Crippen molar-refractivity contribution in [2.75, 3.05) is 37.6 Å². The molecule has 3 heterocycles. The van der Waals surface area contributed by atoms with Crippen molar-refractivity contribution in [1.82, 2.24) is 19.8 Å². The Balaban J connectivity index is 1.32. The number of fused-ring (bicyclic) bond motifs is 1. The summed E-state index contributed by atoms with van der Waals surface area (Å²) in [4.78, 5) is 37.2. The molecule has 0 spiro atoms. The lowest BCUT2D eigenvalue weighted by Crippen LogP contribution is -2.52. The molecular formula is C18H21N5O2. The number of aromatic nitrogens is 2. The summed E-state index contributed by atoms with van der Waals surface area (Å²) in [7, 11) is 0. The Morgan fingerprint density at radius 3 is 2.40 bits per heavy atom. The van der Waals surface area contributed by atoms with Crippen molar-refractivity contribution in [2.45, 2.75) is 13.1 Å². The standard InChI is InChI=1S/C18H21N5O2/c24-16(13-21-11-14-3-1-2-4-15(14)12-21)22-7-9-23(10-8-22)17-18(25)20-6-5-19-17/h1-6H,7-13H2,(H,20,25). The van der Waals surface area contributed by atoms with E-state index in [1.54, 1.807) is 6.20 Å². The zero-order chi connectivity index (χ0) is 17.2. The SMILES string of the molecule is O=C(CN1Cc2ccccc2C1)N1CCN(c2ncc[nH]c2=O)CC1. The molecular weight excluding hydrogens is 318 g/mol. The minimum Gasteiger partial charge on any atom is -0.348 e. The Morgan fingerprint density at radius 2 is 1.76 bits per heavy atom. The molecule has 2 aliphatic rings. The van der Waals surface area contributed by atoms with Crippen LogP contribution in [0, 0.1) is 0 Å². The average Bonchev–Trinajstić information content (AvgIpc) is 3.04. The van der Waals surface area contributed by atoms with Gasteiger partial charge in [0.05, 0.1) is 6.54 Å². The van der Waals surface area contributed by atoms with Crippen molar-refractivity contribution in [3.63, 3.8) is 0 Å². The van der Waals surface area contributed by atoms with Crippen molar-refractivity contribution in [3.8, 4) is 0 Å². The molecule has 0 saturated carbocycles. The Kier molecular flexibility index (Phi) is 4.23. The number of nitrogens with one attached hydrogen (secondary N) is 1. The zero-order valence-electron chi connectivity index (χ0n) is 14.0. The molecule has 0 unspecified atom stereocenters. The third-order valence-corrected chi connectivity index (χ3v) is 4.89. The van der Waals surface area contributed by atoms with Gasteiger partial charge in [0, 0.05) is 51.7 Å². The molecule has 1 saturated heterocycles. The first kappa shape index (κ1) is 15.8. The molecule has 2 aliphatic heterocycles. The van der Waals surface area contributed by atoms with Crippen molar-refractivity contribution in [1.29, 1.82) is 0 Å². The maximum absolute atomic E-state index is 12.6. The van der Waals surface area contributed by atoms with E-state index in [1.165, 1.54) is 17.3 Å². The number of carbonyl (C=O) groups excluding carboxylic acids is 1. The predicted octanol–water partition coefficient (Wildman–Crippen LogP) is 0.434. The first-order valence-corrected chi connectivity index (χ1v) is 8.56. The fraction of sp³-hybridized carbons (Fsp3) is 0.389. The monoisotopic (exact) mass is 339 g/mol. The summed E-state index contributed by atoms with van der Waals surface area (Å²) >= 11 is 0. The number of carbonyl (C=O) groups is 1. The maximum Gasteiger partial charge on any atom is 0.290 e. The van der Waals surface area contributed by atoms with Crippen LogP contribution < -0.4 is 10.5 Å². The van der Waals surface area contributed by atoms with Crippen LogP contribution in [0.25, 0.3) is 0 Å². The fourth-order valence-corrected chi connectivity index (χ4v) is 3.54. The molecule has 1 aromatic heterocycles. The van der Waals surface area contributed by atoms with E-state index in [0.29, 0.717) is 38.5 Å². The lowest BCUT2D eigenvalue weighted by Gasteiger charge is -2.35. The lowest BCUT2D eigenvalue weighted by atomic mass is 10.1. The van der Waals surface area contributed by atoms with Gasteiger partial charge in [-0.2, -0.15) is 0 Å². The van der Waals surface area contributed by atoms with Crippen LogP contribution in [-0.2, 0) is 17.9 Å². The van der Waals surface area contributed by atoms with Crippen molar-refractivity contribution < 1.29 is 4.79 Å². The van der Waals surface area contributed by atoms with Crippen LogP contribution >= 0.6 is 0 Å². The number of hydrogen-bond acceptors (Lipinski definition) is 5. The predicted molar refractivity (Wildman–Crippen MR) is 94.2 cm³/mol. The summed E-state index contributed by atoms with van der Waals surface area (Å²) in [5, 5.41) is 0. The van der Waals surface area contributed by atoms with Gasteiger partial charge >= 0.3 is 0 Å². The highest BCUT2D eigenvalue weighted by Gasteiger charge is 2.26. The van der Waals surface area contributed by atoms with Gasteiger partial charge in [-0.25, -0.2) is 4.98 Å². The summed E-state index contributed by atoms with van der Waals surface area (Å²) in [6.45, 7) is 4.62. The van der Waals surface area contributed by atoms with Crippen LogP contribution in [0.15, 0.2) is 41.5 Å². The molecule has 0 aliphatic carbocycles. The number of nitrogens with zero attached hydrogens (tertiary/aromatic N) is 4. The molecule has 0 atom stereocenters. The quantitative estimate of drug-likeness (QED) is 0.878. The van der Waals surface area contributed by atoms with Crippen LogP contribution in [0.2, 0.25) is 0 Å². The largest absolute Gasteiger partial charge is 0.348 e. The topological polar surface area (TPSA) is 72.5 Å². The van der Waals surface area contributed by atoms with Crippen LogP contribution in [0.3, 0.4) is 0 Å². The summed E-state index contributed by atoms with van der Waals surface area (Å²) < 4.78 is 0. The van der Waals surface area contributed by atoms with E-state index in [9.17, 15) is 9.59 Å². The first-order chi connectivity index (χ1) is 12.2. The van der Waals surface area contributed by atoms with Crippen LogP contribution in [-0.4, -0.2) is 58.4 Å². The van der Waals surface area contributed by atoms with Gasteiger partial charge in [0.1, 0.15) is 0 Å². The van der Waals surface area contributed by atoms with Gasteiger partial charge in [0.2, 0.25) is 5.91 Å². The average molecular weight is 339 g/mol. The Labute approximate surface area is 145 Å². The van der Waals surface area contributed by atoms with Crippen molar-refractivity contribution in [3.05, 3.63) is 58.1 Å². The lowest BCUT2D eigenvalue weighted by molar-refractivity contribution is -0.132. The molecule has 0 bridgehead atoms. The third kappa shape index (κ3) is 3.28. The second-order valence-corrected chi connectivity index (χ2v) is 6.52. The summed E-state index contributed by atoms with van der Waals surface area (Å²) in [5.41, 5.74) is 2.45. The van der Waals surface area contributed by atoms with E-state index in [2.05, 4.69) is 27.0 Å². The molecule has 7 nitrogen and oxygen atoms in total. The van der Waals surface area contributed by atoms with E-state index < -0.39 is 0 Å². The second kappa shape index (κ2) is 6.68. The van der Waals surface area contributed by atoms with Gasteiger partial charge in [-0.1, -0.05) is 24.3 Å². The molecule has 1 amide bonds. The number of anilines is 1. The zero-order valence-corrected chi connectivity index (χ0v) is 14.0. The van der Waals surface area contributed by atoms with Gasteiger partial charge < -0.3 is 14.8 Å². The van der Waals surface area contributed by atoms with Crippen LogP contribution in [0.5, 0.6) is 0 Å². The molecule has 130 valence electrons. The molecule has 7 heteroatoms. The Hall–Kier alpha value is -2.67. The van der Waals surface area contributed by atoms with E-state index >= 15 is 0 Å². The number of aromatic amines is 1. The fourth-order valence-electron chi connectivity index (χ4n) is 3.54. The molecule has 0 radical (unpaired) electrons. The molecule has 4 rings (SSSR count). The van der Waals surface area contributed by atoms with Crippen LogP contribution in [0.1, 0.15) is 11.1 Å². The Bertz CT molecular complexity index is 801. The number of hydrogen-bond donors (Lipinski definition) is 1. The number of benzene rings is 1. The smallest absolute Gasteiger partial charge is 0.290 e. The van der Waals surface area contributed by atoms with E-state index in [4.69, 9.17) is 0 Å². The highest BCUT2D eigenvalue weighted by atomic mass is 16.2. The normalized spacial score (nSPS) is 17.6. The summed E-state index contributed by atoms with van der Waals surface area (Å²) in [6, 6.07) is 8.34. The van der Waals surface area contributed by atoms with E-state index in [-0.39, 0.29) is 11.5 Å². The number of piperazine rings is 1. The van der Waals surface area contributed by atoms with Gasteiger partial charge in [0.25, 0.3) is 5.56 Å². The molecule has 1 fully saturated rings. The number of H-pyrrole nitrogens is 1. The van der Waals surface area contributed by atoms with Gasteiger partial charge in [0.15, 0.2) is 5.82 Å². The van der Waals surface area contributed by atoms with Gasteiger partial charge in [-0.05, 0) is 11.1 Å². The van der Waals surface area contributed by atoms with Gasteiger partial charge in [-0.15, -0.1) is 0 Å². The third-order valence-electron chi connectivity index (χ3n) is 4.89. The highest BCUT2D eigenvalue weighted by Crippen LogP contribution is 2.22. The van der Waals surface area contributed by atoms with E-state index in [0.717, 1.165) is 13.1 Å².